The number of rotatable bonds is 32. The van der Waals surface area contributed by atoms with Gasteiger partial charge in [-0.25, -0.2) is 0 Å². The van der Waals surface area contributed by atoms with Crippen LogP contribution in [0.25, 0.3) is 67.2 Å². The Morgan fingerprint density at radius 3 is 0.967 bits per heavy atom. The second kappa shape index (κ2) is 64.8. The molecule has 1 unspecified atom stereocenters. The minimum atomic E-state index is -0.802. The smallest absolute Gasteiger partial charge is 2.00 e. The van der Waals surface area contributed by atoms with Crippen molar-refractivity contribution in [2.24, 2.45) is 0 Å². The third-order valence-electron chi connectivity index (χ3n) is 17.3. The molecule has 0 amide bonds. The maximum Gasteiger partial charge on any atom is 2.00 e. The van der Waals surface area contributed by atoms with E-state index >= 15 is 0 Å². The molecule has 12 aromatic rings. The number of unbranched alkanes of at least 4 members (excludes halogenated alkanes) is 11. The summed E-state index contributed by atoms with van der Waals surface area (Å²) in [6.45, 7) is 18.9. The van der Waals surface area contributed by atoms with Crippen molar-refractivity contribution in [2.45, 2.75) is 152 Å². The van der Waals surface area contributed by atoms with E-state index in [0.29, 0.717) is 133 Å². The molecule has 0 aliphatic carbocycles. The van der Waals surface area contributed by atoms with E-state index in [4.69, 9.17) is 132 Å². The predicted octanol–water partition coefficient (Wildman–Crippen LogP) is 27.7. The Morgan fingerprint density at radius 1 is 0.431 bits per heavy atom. The van der Waals surface area contributed by atoms with E-state index in [2.05, 4.69) is 99.5 Å². The van der Waals surface area contributed by atoms with Crippen LogP contribution in [0.1, 0.15) is 166 Å². The largest absolute Gasteiger partial charge is 2.00 e. The number of Topliss-reactive ketones (excluding diaryl/α,β-unsaturated/α-hetero) is 1. The van der Waals surface area contributed by atoms with Gasteiger partial charge >= 0.3 is 67.1 Å². The summed E-state index contributed by atoms with van der Waals surface area (Å²) in [4.78, 5) is 13.3. The van der Waals surface area contributed by atoms with Crippen LogP contribution in [-0.2, 0) is 4.74 Å². The Bertz CT molecular complexity index is 4290. The van der Waals surface area contributed by atoms with Crippen molar-refractivity contribution in [2.75, 3.05) is 77.7 Å². The molecular weight excluding hydrogens is 1700 g/mol. The van der Waals surface area contributed by atoms with Gasteiger partial charge in [0, 0.05) is 23.3 Å². The number of hydrogen-bond acceptors (Lipinski definition) is 20. The molecule has 0 N–H and O–H groups in total. The monoisotopic (exact) mass is 1810 g/mol. The van der Waals surface area contributed by atoms with Crippen LogP contribution in [-0.4, -0.2) is 161 Å². The number of hydrogen-bond donors (Lipinski definition) is 0. The standard InChI is InChI=1S/C25H23ClN2O5S.C12H11ClO3.3C12H10ClO3.2C8H18.C4H9.CH4.2Li.2Mg/c1-5-32-24(15-6-8-16(9-7-15)25-28-27-14(2)34-25)23(29)19-11-10-18(33-19)17-12-20(30-3)22(26)21(13-17)31-4;4*1-14-10-6-8(9-4-3-5-16-9)7-11(15-2)12(10)13;2*1-3-5-7-8-6-4-2;1-3-4-2;;;;;/h6-13,24H,5H2,1-4H3;3-7H,1-2H3;3*3-4,6-7H,1-2H3;2*3-8H2,1-2H3;1,3-4H2,2H3;1H4;;;;/q;;3*-1;;;-1;;;;;+2. The number of aromatic nitrogens is 2. The summed E-state index contributed by atoms with van der Waals surface area (Å²) in [5, 5.41) is 12.1. The summed E-state index contributed by atoms with van der Waals surface area (Å²) in [7, 11) is 15.5. The number of methoxy groups -OCH3 is 10. The molecule has 6 aromatic carbocycles. The molecule has 19 nitrogen and oxygen atoms in total. The molecular formula is C94H113Cl5Li2Mg2N2O17S-2. The average molecular weight is 1810 g/mol. The fourth-order valence-corrected chi connectivity index (χ4v) is 12.9. The molecule has 0 saturated heterocycles. The van der Waals surface area contributed by atoms with Crippen LogP contribution in [0.15, 0.2) is 174 Å². The van der Waals surface area contributed by atoms with Crippen molar-refractivity contribution >= 4 is 142 Å². The van der Waals surface area contributed by atoms with Crippen LogP contribution in [0.4, 0.5) is 0 Å². The number of ketones is 1. The zero-order chi connectivity index (χ0) is 89.0. The van der Waals surface area contributed by atoms with Gasteiger partial charge in [-0.15, -0.1) is 28.4 Å². The van der Waals surface area contributed by atoms with Crippen LogP contribution < -0.4 is 47.4 Å². The van der Waals surface area contributed by atoms with Crippen molar-refractivity contribution in [1.29, 1.82) is 0 Å². The number of carbonyl (C=O) groups excluding carboxylic acids is 1. The van der Waals surface area contributed by atoms with Gasteiger partial charge in [0.2, 0.25) is 5.78 Å². The van der Waals surface area contributed by atoms with Crippen molar-refractivity contribution in [3.05, 3.63) is 219 Å². The molecule has 0 aliphatic rings. The Morgan fingerprint density at radius 2 is 0.732 bits per heavy atom. The number of ether oxygens (including phenoxy) is 11. The fraction of sp³-hybridized carbons (Fsp3) is 0.362. The van der Waals surface area contributed by atoms with Crippen LogP contribution in [0.5, 0.6) is 57.5 Å². The van der Waals surface area contributed by atoms with Crippen molar-refractivity contribution < 1.29 is 79.0 Å². The van der Waals surface area contributed by atoms with Crippen molar-refractivity contribution in [3.63, 3.8) is 0 Å². The molecule has 123 heavy (non-hydrogen) atoms. The van der Waals surface area contributed by atoms with Crippen molar-refractivity contribution in [3.8, 4) is 125 Å². The van der Waals surface area contributed by atoms with E-state index in [9.17, 15) is 4.79 Å². The number of aryl methyl sites for hydroxylation is 1. The zero-order valence-corrected chi connectivity index (χ0v) is 81.3. The van der Waals surface area contributed by atoms with E-state index in [1.807, 2.05) is 80.6 Å². The first-order valence-corrected chi connectivity index (χ1v) is 45.6. The first kappa shape index (κ1) is 112. The number of benzene rings is 6. The number of nitrogens with zero attached hydrogens (tertiary/aromatic N) is 2. The third kappa shape index (κ3) is 37.1. The predicted molar refractivity (Wildman–Crippen MR) is 505 cm³/mol. The first-order valence-electron chi connectivity index (χ1n) is 40.1. The molecule has 0 fully saturated rings. The van der Waals surface area contributed by atoms with Gasteiger partial charge in [0.1, 0.15) is 110 Å². The second-order valence-corrected chi connectivity index (χ2v) is 30.7. The molecule has 0 bridgehead atoms. The molecule has 1 atom stereocenters. The van der Waals surface area contributed by atoms with Crippen molar-refractivity contribution in [1.82, 2.24) is 10.2 Å². The Labute approximate surface area is 797 Å². The molecule has 6 heterocycles. The van der Waals surface area contributed by atoms with Gasteiger partial charge < -0.3 is 81.1 Å². The quantitative estimate of drug-likeness (QED) is 0.0166. The van der Waals surface area contributed by atoms with Gasteiger partial charge in [0.05, 0.1) is 77.4 Å². The van der Waals surface area contributed by atoms with Gasteiger partial charge in [-0.1, -0.05) is 219 Å². The van der Waals surface area contributed by atoms with Gasteiger partial charge in [-0.05, 0) is 157 Å². The molecule has 0 saturated carbocycles. The number of carbonyl (C=O) groups is 1. The summed E-state index contributed by atoms with van der Waals surface area (Å²) >= 11 is 36.9. The first-order chi connectivity index (χ1) is 58.6. The third-order valence-corrected chi connectivity index (χ3v) is 20.0. The molecule has 0 spiro atoms. The van der Waals surface area contributed by atoms with Gasteiger partial charge in [0.25, 0.3) is 0 Å². The van der Waals surface area contributed by atoms with Gasteiger partial charge in [0.15, 0.2) is 5.76 Å². The van der Waals surface area contributed by atoms with Crippen LogP contribution in [0.2, 0.25) is 25.1 Å². The SMILES string of the molecule is C.CCCCCCCC.CCCCCCCC.CCOC(C(=O)c1ccc(-c2cc(OC)c(Cl)c(OC)c2)o1)c1ccc(-c2nnc(C)s2)cc1.COc1cc(-c2cc[c-]o2)cc(OC)c1Cl.COc1cc(-c2cc[c-]o2)cc(OC)c1Cl.COc1cc(-c2cc[c-]o2)cc(OC)c1Cl.COc1cc(-c2ccco2)cc(OC)c1Cl.[CH2-]CCC.[Li][Mg][Li].[Mg+2]. The number of furan rings is 5. The maximum atomic E-state index is 13.3. The van der Waals surface area contributed by atoms with E-state index < -0.39 is 6.10 Å². The summed E-state index contributed by atoms with van der Waals surface area (Å²) < 4.78 is 84.5. The summed E-state index contributed by atoms with van der Waals surface area (Å²) in [6, 6.07) is 42.9. The van der Waals surface area contributed by atoms with E-state index in [0.717, 1.165) is 55.6 Å². The second-order valence-electron chi connectivity index (χ2n) is 26.2. The van der Waals surface area contributed by atoms with E-state index in [-0.39, 0.29) is 42.0 Å². The fourth-order valence-electron chi connectivity index (χ4n) is 10.9. The molecule has 0 radical (unpaired) electrons. The van der Waals surface area contributed by atoms with Gasteiger partial charge in [-0.2, -0.15) is 24.6 Å². The minimum absolute atomic E-state index is 0. The van der Waals surface area contributed by atoms with Gasteiger partial charge in [-0.3, -0.25) is 4.79 Å². The zero-order valence-electron chi connectivity index (χ0n) is 73.9. The van der Waals surface area contributed by atoms with E-state index in [1.165, 1.54) is 109 Å². The van der Waals surface area contributed by atoms with E-state index in [1.54, 1.807) is 142 Å². The topological polar surface area (TPSA) is 210 Å². The number of halogens is 5. The molecule has 6 aromatic heterocycles. The summed E-state index contributed by atoms with van der Waals surface area (Å²) in [5.74, 6) is 8.50. The van der Waals surface area contributed by atoms with Crippen LogP contribution >= 0.6 is 69.3 Å². The average Bonchev–Trinajstić information content (AvgIpc) is 1.68. The Kier molecular flexibility index (Phi) is 59.1. The maximum absolute atomic E-state index is 13.3. The molecule has 29 heteroatoms. The Balaban J connectivity index is 0.000000502. The summed E-state index contributed by atoms with van der Waals surface area (Å²) in [5.41, 5.74) is 5.69. The molecule has 0 aliphatic heterocycles. The minimum Gasteiger partial charge on any atom is 2.00 e. The normalized spacial score (nSPS) is 10.2. The molecule has 650 valence electrons. The van der Waals surface area contributed by atoms with Crippen LogP contribution in [0, 0.1) is 32.6 Å². The van der Waals surface area contributed by atoms with Crippen LogP contribution in [0.3, 0.4) is 0 Å². The molecule has 12 rings (SSSR count). The Hall–Kier alpha value is -6.91. The summed E-state index contributed by atoms with van der Waals surface area (Å²) in [6.07, 6.45) is 28.0.